The molecule has 1 fully saturated rings. The van der Waals surface area contributed by atoms with Gasteiger partial charge in [-0.1, -0.05) is 12.5 Å². The highest BCUT2D eigenvalue weighted by Crippen LogP contribution is 2.28. The van der Waals surface area contributed by atoms with Gasteiger partial charge < -0.3 is 9.87 Å². The molecular weight excluding hydrogens is 170 g/mol. The summed E-state index contributed by atoms with van der Waals surface area (Å²) in [7, 11) is 1.83. The molecular formula is C9H15NOS. The number of hydrogen-bond donors (Lipinski definition) is 2. The van der Waals surface area contributed by atoms with E-state index in [0.29, 0.717) is 0 Å². The first-order valence-electron chi connectivity index (χ1n) is 4.24. The molecule has 0 saturated heterocycles. The van der Waals surface area contributed by atoms with Crippen LogP contribution in [-0.2, 0) is 0 Å². The van der Waals surface area contributed by atoms with Gasteiger partial charge in [-0.2, -0.15) is 0 Å². The monoisotopic (exact) mass is 185 g/mol. The standard InChI is InChI=1S/C9H15NOS/c1-10-7-9(12-11)6-5-8-3-2-4-8/h5-8,10-11H,2-4H2,1H3/b6-5+,9-7+. The lowest BCUT2D eigenvalue weighted by atomic mass is 9.85. The minimum atomic E-state index is 0.748. The number of rotatable bonds is 4. The highest BCUT2D eigenvalue weighted by Gasteiger charge is 2.13. The summed E-state index contributed by atoms with van der Waals surface area (Å²) >= 11 is 0.783. The number of nitrogens with one attached hydrogen (secondary N) is 1. The molecule has 2 N–H and O–H groups in total. The summed E-state index contributed by atoms with van der Waals surface area (Å²) in [5.41, 5.74) is 0. The summed E-state index contributed by atoms with van der Waals surface area (Å²) in [5, 5.41) is 2.88. The van der Waals surface area contributed by atoms with Crippen molar-refractivity contribution in [2.75, 3.05) is 7.05 Å². The lowest BCUT2D eigenvalue weighted by molar-refractivity contribution is 0.388. The van der Waals surface area contributed by atoms with Gasteiger partial charge in [0.25, 0.3) is 0 Å². The van der Waals surface area contributed by atoms with Gasteiger partial charge in [-0.25, -0.2) is 0 Å². The Morgan fingerprint density at radius 1 is 1.58 bits per heavy atom. The van der Waals surface area contributed by atoms with Gasteiger partial charge in [0, 0.05) is 25.3 Å². The fourth-order valence-electron chi connectivity index (χ4n) is 1.11. The smallest absolute Gasteiger partial charge is 0.0504 e. The van der Waals surface area contributed by atoms with Crippen LogP contribution in [0.5, 0.6) is 0 Å². The Balaban J connectivity index is 2.34. The zero-order chi connectivity index (χ0) is 8.81. The lowest BCUT2D eigenvalue weighted by Gasteiger charge is -2.21. The molecule has 1 saturated carbocycles. The van der Waals surface area contributed by atoms with E-state index in [4.69, 9.17) is 4.55 Å². The third kappa shape index (κ3) is 2.91. The number of allylic oxidation sites excluding steroid dienone is 2. The molecule has 0 radical (unpaired) electrons. The van der Waals surface area contributed by atoms with E-state index in [1.165, 1.54) is 19.3 Å². The summed E-state index contributed by atoms with van der Waals surface area (Å²) in [4.78, 5) is 0.865. The fourth-order valence-corrected chi connectivity index (χ4v) is 1.42. The van der Waals surface area contributed by atoms with Gasteiger partial charge in [0.05, 0.1) is 4.91 Å². The summed E-state index contributed by atoms with van der Waals surface area (Å²) in [5.74, 6) is 0.748. The summed E-state index contributed by atoms with van der Waals surface area (Å²) in [6.07, 6.45) is 9.91. The molecule has 3 heteroatoms. The largest absolute Gasteiger partial charge is 0.393 e. The minimum absolute atomic E-state index is 0.748. The molecule has 1 aliphatic rings. The Hall–Kier alpha value is -0.410. The molecule has 0 heterocycles. The maximum absolute atomic E-state index is 8.82. The van der Waals surface area contributed by atoms with Crippen LogP contribution in [0.25, 0.3) is 0 Å². The Kier molecular flexibility index (Phi) is 4.25. The normalized spacial score (nSPS) is 19.7. The van der Waals surface area contributed by atoms with E-state index in [2.05, 4.69) is 11.4 Å². The highest BCUT2D eigenvalue weighted by molar-refractivity contribution is 7.97. The molecule has 0 aromatic rings. The van der Waals surface area contributed by atoms with Crippen LogP contribution in [0.15, 0.2) is 23.3 Å². The fraction of sp³-hybridized carbons (Fsp3) is 0.556. The van der Waals surface area contributed by atoms with E-state index in [9.17, 15) is 0 Å². The van der Waals surface area contributed by atoms with Crippen LogP contribution in [0.2, 0.25) is 0 Å². The summed E-state index contributed by atoms with van der Waals surface area (Å²) in [6.45, 7) is 0. The van der Waals surface area contributed by atoms with Crippen LogP contribution in [-0.4, -0.2) is 11.6 Å². The Labute approximate surface area is 77.9 Å². The molecule has 1 rings (SSSR count). The van der Waals surface area contributed by atoms with Gasteiger partial charge >= 0.3 is 0 Å². The van der Waals surface area contributed by atoms with Crippen molar-refractivity contribution in [2.24, 2.45) is 5.92 Å². The van der Waals surface area contributed by atoms with Crippen LogP contribution in [0.3, 0.4) is 0 Å². The summed E-state index contributed by atoms with van der Waals surface area (Å²) < 4.78 is 8.82. The van der Waals surface area contributed by atoms with Crippen molar-refractivity contribution in [3.05, 3.63) is 23.3 Å². The second-order valence-electron chi connectivity index (χ2n) is 2.98. The molecule has 0 unspecified atom stereocenters. The van der Waals surface area contributed by atoms with Crippen molar-refractivity contribution in [2.45, 2.75) is 19.3 Å². The van der Waals surface area contributed by atoms with Crippen molar-refractivity contribution in [3.8, 4) is 0 Å². The van der Waals surface area contributed by atoms with E-state index < -0.39 is 0 Å². The second kappa shape index (κ2) is 5.27. The third-order valence-corrected chi connectivity index (χ3v) is 2.54. The van der Waals surface area contributed by atoms with Crippen molar-refractivity contribution >= 4 is 12.0 Å². The van der Waals surface area contributed by atoms with E-state index in [0.717, 1.165) is 22.9 Å². The van der Waals surface area contributed by atoms with Gasteiger partial charge in [0.15, 0.2) is 0 Å². The van der Waals surface area contributed by atoms with Gasteiger partial charge in [0.1, 0.15) is 0 Å². The van der Waals surface area contributed by atoms with Gasteiger partial charge in [0.2, 0.25) is 0 Å². The molecule has 1 aliphatic carbocycles. The maximum Gasteiger partial charge on any atom is 0.0504 e. The van der Waals surface area contributed by atoms with Crippen LogP contribution >= 0.6 is 12.0 Å². The molecule has 0 spiro atoms. The average Bonchev–Trinajstić information content (AvgIpc) is 2.00. The SMILES string of the molecule is CN/C=C(\C=C\C1CCC1)SO. The summed E-state index contributed by atoms with van der Waals surface area (Å²) in [6, 6.07) is 0. The van der Waals surface area contributed by atoms with E-state index in [-0.39, 0.29) is 0 Å². The van der Waals surface area contributed by atoms with Crippen molar-refractivity contribution < 1.29 is 4.55 Å². The predicted molar refractivity (Wildman–Crippen MR) is 53.8 cm³/mol. The van der Waals surface area contributed by atoms with Crippen LogP contribution in [0, 0.1) is 5.92 Å². The first-order chi connectivity index (χ1) is 5.86. The van der Waals surface area contributed by atoms with Crippen molar-refractivity contribution in [3.63, 3.8) is 0 Å². The second-order valence-corrected chi connectivity index (χ2v) is 3.63. The molecule has 0 aromatic heterocycles. The molecule has 0 aliphatic heterocycles. The van der Waals surface area contributed by atoms with Crippen LogP contribution < -0.4 is 5.32 Å². The lowest BCUT2D eigenvalue weighted by Crippen LogP contribution is -2.07. The van der Waals surface area contributed by atoms with Gasteiger partial charge in [-0.05, 0) is 24.8 Å². The van der Waals surface area contributed by atoms with E-state index >= 15 is 0 Å². The molecule has 0 atom stereocenters. The Morgan fingerprint density at radius 3 is 2.75 bits per heavy atom. The van der Waals surface area contributed by atoms with Crippen molar-refractivity contribution in [1.82, 2.24) is 5.32 Å². The molecule has 0 amide bonds. The van der Waals surface area contributed by atoms with E-state index in [1.54, 1.807) is 6.20 Å². The molecule has 68 valence electrons. The zero-order valence-corrected chi connectivity index (χ0v) is 8.10. The molecule has 12 heavy (non-hydrogen) atoms. The van der Waals surface area contributed by atoms with Gasteiger partial charge in [-0.3, -0.25) is 0 Å². The van der Waals surface area contributed by atoms with Crippen LogP contribution in [0.1, 0.15) is 19.3 Å². The highest BCUT2D eigenvalue weighted by atomic mass is 32.2. The maximum atomic E-state index is 8.82. The minimum Gasteiger partial charge on any atom is -0.393 e. The van der Waals surface area contributed by atoms with Crippen molar-refractivity contribution in [1.29, 1.82) is 0 Å². The first-order valence-corrected chi connectivity index (χ1v) is 5.01. The number of hydrogen-bond acceptors (Lipinski definition) is 3. The Bertz CT molecular complexity index is 185. The predicted octanol–water partition coefficient (Wildman–Crippen LogP) is 2.61. The quantitative estimate of drug-likeness (QED) is 0.521. The molecule has 0 bridgehead atoms. The third-order valence-electron chi connectivity index (χ3n) is 2.07. The zero-order valence-electron chi connectivity index (χ0n) is 7.29. The first kappa shape index (κ1) is 9.68. The average molecular weight is 185 g/mol. The molecule has 0 aromatic carbocycles. The topological polar surface area (TPSA) is 32.3 Å². The Morgan fingerprint density at radius 2 is 2.33 bits per heavy atom. The van der Waals surface area contributed by atoms with E-state index in [1.807, 2.05) is 13.1 Å². The van der Waals surface area contributed by atoms with Crippen LogP contribution in [0.4, 0.5) is 0 Å². The molecule has 2 nitrogen and oxygen atoms in total. The van der Waals surface area contributed by atoms with Gasteiger partial charge in [-0.15, -0.1) is 0 Å².